The molecular weight excluding hydrogens is 232 g/mol. The van der Waals surface area contributed by atoms with E-state index in [1.807, 2.05) is 17.0 Å². The topological polar surface area (TPSA) is 50.8 Å². The van der Waals surface area contributed by atoms with E-state index >= 15 is 0 Å². The molecule has 18 heavy (non-hydrogen) atoms. The van der Waals surface area contributed by atoms with Gasteiger partial charge in [-0.3, -0.25) is 4.79 Å². The fraction of sp³-hybridized carbons (Fsp3) is 0.462. The van der Waals surface area contributed by atoms with Gasteiger partial charge in [0.25, 0.3) is 5.91 Å². The largest absolute Gasteiger partial charge is 0.454 e. The Morgan fingerprint density at radius 3 is 3.17 bits per heavy atom. The first-order valence-electron chi connectivity index (χ1n) is 6.17. The number of amides is 1. The van der Waals surface area contributed by atoms with Gasteiger partial charge in [-0.2, -0.15) is 0 Å². The second-order valence-corrected chi connectivity index (χ2v) is 4.65. The van der Waals surface area contributed by atoms with E-state index < -0.39 is 0 Å². The van der Waals surface area contributed by atoms with E-state index in [4.69, 9.17) is 9.47 Å². The molecule has 2 aliphatic heterocycles. The molecule has 0 radical (unpaired) electrons. The summed E-state index contributed by atoms with van der Waals surface area (Å²) in [5.41, 5.74) is 0.596. The minimum Gasteiger partial charge on any atom is -0.454 e. The molecule has 0 aliphatic carbocycles. The van der Waals surface area contributed by atoms with E-state index in [0.29, 0.717) is 23.1 Å². The van der Waals surface area contributed by atoms with Gasteiger partial charge < -0.3 is 19.7 Å². The molecule has 5 nitrogen and oxygen atoms in total. The minimum atomic E-state index is 0.0192. The Bertz CT molecular complexity index is 475. The number of carbonyl (C=O) groups is 1. The maximum atomic E-state index is 12.5. The summed E-state index contributed by atoms with van der Waals surface area (Å²) in [6.45, 7) is 4.56. The van der Waals surface area contributed by atoms with Crippen LogP contribution in [0, 0.1) is 0 Å². The maximum Gasteiger partial charge on any atom is 0.257 e. The molecule has 0 aromatic heterocycles. The van der Waals surface area contributed by atoms with Crippen molar-refractivity contribution in [2.75, 3.05) is 26.4 Å². The normalized spacial score (nSPS) is 22.1. The Kier molecular flexibility index (Phi) is 2.83. The van der Waals surface area contributed by atoms with Crippen molar-refractivity contribution in [3.05, 3.63) is 23.8 Å². The van der Waals surface area contributed by atoms with Gasteiger partial charge in [0.1, 0.15) is 0 Å². The molecule has 0 spiro atoms. The van der Waals surface area contributed by atoms with Crippen LogP contribution in [0.25, 0.3) is 0 Å². The zero-order valence-corrected chi connectivity index (χ0v) is 10.3. The van der Waals surface area contributed by atoms with Crippen molar-refractivity contribution >= 4 is 5.91 Å². The summed E-state index contributed by atoms with van der Waals surface area (Å²) in [6, 6.07) is 5.77. The molecule has 5 heteroatoms. The fourth-order valence-corrected chi connectivity index (χ4v) is 2.39. The van der Waals surface area contributed by atoms with Crippen molar-refractivity contribution in [2.24, 2.45) is 0 Å². The smallest absolute Gasteiger partial charge is 0.257 e. The van der Waals surface area contributed by atoms with Crippen molar-refractivity contribution < 1.29 is 14.3 Å². The van der Waals surface area contributed by atoms with Gasteiger partial charge in [-0.05, 0) is 19.1 Å². The van der Waals surface area contributed by atoms with E-state index in [1.165, 1.54) is 0 Å². The van der Waals surface area contributed by atoms with Crippen LogP contribution >= 0.6 is 0 Å². The molecule has 1 atom stereocenters. The summed E-state index contributed by atoms with van der Waals surface area (Å²) in [5, 5.41) is 3.32. The first-order valence-corrected chi connectivity index (χ1v) is 6.17. The number of para-hydroxylation sites is 1. The third-order valence-corrected chi connectivity index (χ3v) is 3.28. The van der Waals surface area contributed by atoms with Crippen molar-refractivity contribution in [2.45, 2.75) is 13.0 Å². The fourth-order valence-electron chi connectivity index (χ4n) is 2.39. The molecule has 3 rings (SSSR count). The van der Waals surface area contributed by atoms with Crippen LogP contribution in [0.15, 0.2) is 18.2 Å². The highest BCUT2D eigenvalue weighted by Gasteiger charge is 2.27. The van der Waals surface area contributed by atoms with Crippen molar-refractivity contribution in [3.63, 3.8) is 0 Å². The molecule has 1 fully saturated rings. The highest BCUT2D eigenvalue weighted by molar-refractivity contribution is 5.98. The number of ether oxygens (including phenoxy) is 2. The van der Waals surface area contributed by atoms with Gasteiger partial charge >= 0.3 is 0 Å². The molecule has 1 aromatic carbocycles. The predicted octanol–water partition coefficient (Wildman–Crippen LogP) is 0.849. The Balaban J connectivity index is 1.86. The zero-order valence-electron chi connectivity index (χ0n) is 10.3. The number of hydrogen-bond donors (Lipinski definition) is 1. The molecular formula is C13H16N2O3. The average Bonchev–Trinajstić information content (AvgIpc) is 2.86. The van der Waals surface area contributed by atoms with E-state index in [0.717, 1.165) is 19.6 Å². The third-order valence-electron chi connectivity index (χ3n) is 3.28. The zero-order chi connectivity index (χ0) is 12.5. The highest BCUT2D eigenvalue weighted by atomic mass is 16.7. The number of carbonyl (C=O) groups excluding carboxylic acids is 1. The first kappa shape index (κ1) is 11.3. The molecule has 1 aromatic rings. The number of nitrogens with one attached hydrogen (secondary N) is 1. The third kappa shape index (κ3) is 1.90. The Hall–Kier alpha value is -1.75. The standard InChI is InChI=1S/C13H16N2O3/c1-9-7-15(6-5-14-9)13(16)10-3-2-4-11-12(10)18-8-17-11/h2-4,9,14H,5-8H2,1H3/t9-/m0/s1. The molecule has 0 bridgehead atoms. The van der Waals surface area contributed by atoms with Crippen LogP contribution in [-0.2, 0) is 0 Å². The van der Waals surface area contributed by atoms with Gasteiger partial charge in [-0.25, -0.2) is 0 Å². The minimum absolute atomic E-state index is 0.0192. The number of fused-ring (bicyclic) bond motifs is 1. The number of hydrogen-bond acceptors (Lipinski definition) is 4. The van der Waals surface area contributed by atoms with Crippen LogP contribution < -0.4 is 14.8 Å². The lowest BCUT2D eigenvalue weighted by Crippen LogP contribution is -2.51. The van der Waals surface area contributed by atoms with Gasteiger partial charge in [0.05, 0.1) is 5.56 Å². The van der Waals surface area contributed by atoms with Crippen molar-refractivity contribution in [3.8, 4) is 11.5 Å². The lowest BCUT2D eigenvalue weighted by molar-refractivity contribution is 0.0704. The number of rotatable bonds is 1. The average molecular weight is 248 g/mol. The van der Waals surface area contributed by atoms with Gasteiger partial charge in [0.15, 0.2) is 11.5 Å². The Morgan fingerprint density at radius 2 is 2.33 bits per heavy atom. The van der Waals surface area contributed by atoms with Crippen LogP contribution in [0.2, 0.25) is 0 Å². The van der Waals surface area contributed by atoms with E-state index in [1.54, 1.807) is 6.07 Å². The molecule has 0 saturated carbocycles. The first-order chi connectivity index (χ1) is 8.75. The quantitative estimate of drug-likeness (QED) is 0.800. The summed E-state index contributed by atoms with van der Waals surface area (Å²) < 4.78 is 10.7. The second kappa shape index (κ2) is 4.49. The molecule has 1 saturated heterocycles. The number of piperazine rings is 1. The van der Waals surface area contributed by atoms with Crippen molar-refractivity contribution in [1.82, 2.24) is 10.2 Å². The SMILES string of the molecule is C[C@H]1CN(C(=O)c2cccc3c2OCO3)CCN1. The lowest BCUT2D eigenvalue weighted by Gasteiger charge is -2.32. The van der Waals surface area contributed by atoms with Gasteiger partial charge in [-0.15, -0.1) is 0 Å². The Labute approximate surface area is 106 Å². The van der Waals surface area contributed by atoms with Gasteiger partial charge in [0.2, 0.25) is 6.79 Å². The second-order valence-electron chi connectivity index (χ2n) is 4.65. The summed E-state index contributed by atoms with van der Waals surface area (Å²) in [4.78, 5) is 14.3. The monoisotopic (exact) mass is 248 g/mol. The number of benzene rings is 1. The molecule has 96 valence electrons. The predicted molar refractivity (Wildman–Crippen MR) is 65.9 cm³/mol. The molecule has 0 unspecified atom stereocenters. The van der Waals surface area contributed by atoms with Crippen LogP contribution in [0.4, 0.5) is 0 Å². The van der Waals surface area contributed by atoms with Gasteiger partial charge in [-0.1, -0.05) is 6.07 Å². The summed E-state index contributed by atoms with van der Waals surface area (Å²) in [7, 11) is 0. The van der Waals surface area contributed by atoms with Gasteiger partial charge in [0, 0.05) is 25.7 Å². The van der Waals surface area contributed by atoms with E-state index in [9.17, 15) is 4.79 Å². The lowest BCUT2D eigenvalue weighted by atomic mass is 10.1. The molecule has 1 amide bonds. The van der Waals surface area contributed by atoms with Crippen LogP contribution in [-0.4, -0.2) is 43.3 Å². The van der Waals surface area contributed by atoms with Crippen LogP contribution in [0.3, 0.4) is 0 Å². The van der Waals surface area contributed by atoms with E-state index in [2.05, 4.69) is 12.2 Å². The van der Waals surface area contributed by atoms with Crippen LogP contribution in [0.1, 0.15) is 17.3 Å². The number of nitrogens with zero attached hydrogens (tertiary/aromatic N) is 1. The van der Waals surface area contributed by atoms with Crippen molar-refractivity contribution in [1.29, 1.82) is 0 Å². The van der Waals surface area contributed by atoms with E-state index in [-0.39, 0.29) is 12.7 Å². The van der Waals surface area contributed by atoms with Crippen LogP contribution in [0.5, 0.6) is 11.5 Å². The summed E-state index contributed by atoms with van der Waals surface area (Å²) >= 11 is 0. The summed E-state index contributed by atoms with van der Waals surface area (Å²) in [6.07, 6.45) is 0. The maximum absolute atomic E-state index is 12.5. The molecule has 1 N–H and O–H groups in total. The molecule has 2 heterocycles. The molecule has 2 aliphatic rings. The highest BCUT2D eigenvalue weighted by Crippen LogP contribution is 2.35. The summed E-state index contributed by atoms with van der Waals surface area (Å²) in [5.74, 6) is 1.25. The Morgan fingerprint density at radius 1 is 1.44 bits per heavy atom.